The lowest BCUT2D eigenvalue weighted by Crippen LogP contribution is -2.24. The van der Waals surface area contributed by atoms with Gasteiger partial charge in [-0.2, -0.15) is 4.52 Å². The van der Waals surface area contributed by atoms with Crippen LogP contribution in [-0.4, -0.2) is 14.6 Å². The summed E-state index contributed by atoms with van der Waals surface area (Å²) in [7, 11) is 0. The van der Waals surface area contributed by atoms with E-state index in [0.29, 0.717) is 21.2 Å². The lowest BCUT2D eigenvalue weighted by molar-refractivity contribution is 0.647. The van der Waals surface area contributed by atoms with E-state index in [1.54, 1.807) is 0 Å². The lowest BCUT2D eigenvalue weighted by Gasteiger charge is -2.10. The second kappa shape index (κ2) is 8.20. The molecule has 148 valence electrons. The van der Waals surface area contributed by atoms with E-state index in [2.05, 4.69) is 71.0 Å². The first-order valence-corrected chi connectivity index (χ1v) is 11.3. The van der Waals surface area contributed by atoms with Crippen molar-refractivity contribution in [2.75, 3.05) is 0 Å². The van der Waals surface area contributed by atoms with Crippen molar-refractivity contribution >= 4 is 38.3 Å². The zero-order valence-electron chi connectivity index (χ0n) is 16.6. The van der Waals surface area contributed by atoms with Crippen LogP contribution in [0.2, 0.25) is 0 Å². The smallest absolute Gasteiger partial charge is 0.266 e. The Morgan fingerprint density at radius 2 is 1.90 bits per heavy atom. The molecule has 0 fully saturated rings. The highest BCUT2D eigenvalue weighted by atomic mass is 79.9. The number of nitrogens with zero attached hydrogens (tertiary/aromatic N) is 3. The van der Waals surface area contributed by atoms with Gasteiger partial charge in [0.05, 0.1) is 4.53 Å². The van der Waals surface area contributed by atoms with Gasteiger partial charge in [0.15, 0.2) is 5.82 Å². The summed E-state index contributed by atoms with van der Waals surface area (Å²) in [5.41, 5.74) is 3.34. The Bertz CT molecular complexity index is 1260. The first-order valence-electron chi connectivity index (χ1n) is 9.66. The Morgan fingerprint density at radius 1 is 1.14 bits per heavy atom. The molecule has 0 saturated heterocycles. The van der Waals surface area contributed by atoms with Gasteiger partial charge in [0.1, 0.15) is 0 Å². The first kappa shape index (κ1) is 20.0. The van der Waals surface area contributed by atoms with Gasteiger partial charge in [-0.3, -0.25) is 4.79 Å². The summed E-state index contributed by atoms with van der Waals surface area (Å²) in [4.78, 5) is 18.0. The molecule has 0 aliphatic heterocycles. The van der Waals surface area contributed by atoms with E-state index in [-0.39, 0.29) is 11.5 Å². The van der Waals surface area contributed by atoms with E-state index in [9.17, 15) is 4.79 Å². The van der Waals surface area contributed by atoms with Gasteiger partial charge in [-0.25, -0.2) is 4.98 Å². The number of hydrogen-bond acceptors (Lipinski definition) is 4. The maximum absolute atomic E-state index is 12.8. The molecule has 2 heterocycles. The van der Waals surface area contributed by atoms with Crippen LogP contribution in [0.15, 0.2) is 57.8 Å². The van der Waals surface area contributed by atoms with Gasteiger partial charge in [0.25, 0.3) is 5.56 Å². The number of aromatic nitrogens is 3. The van der Waals surface area contributed by atoms with Crippen LogP contribution in [-0.2, 0) is 6.42 Å². The predicted octanol–water partition coefficient (Wildman–Crippen LogP) is 4.81. The molecule has 0 spiro atoms. The van der Waals surface area contributed by atoms with Crippen LogP contribution in [0, 0.1) is 5.92 Å². The van der Waals surface area contributed by atoms with Crippen LogP contribution in [0.25, 0.3) is 11.0 Å². The normalized spacial score (nSPS) is 13.5. The Morgan fingerprint density at radius 3 is 2.55 bits per heavy atom. The molecule has 0 amide bonds. The van der Waals surface area contributed by atoms with Crippen molar-refractivity contribution < 1.29 is 0 Å². The van der Waals surface area contributed by atoms with Crippen molar-refractivity contribution in [2.24, 2.45) is 5.92 Å². The number of halogens is 1. The summed E-state index contributed by atoms with van der Waals surface area (Å²) in [5, 5.41) is 4.51. The van der Waals surface area contributed by atoms with E-state index in [4.69, 9.17) is 0 Å². The second-order valence-electron chi connectivity index (χ2n) is 7.70. The highest BCUT2D eigenvalue weighted by Crippen LogP contribution is 2.23. The minimum absolute atomic E-state index is 0.0344. The van der Waals surface area contributed by atoms with Gasteiger partial charge in [-0.05, 0) is 47.2 Å². The molecule has 4 nitrogen and oxygen atoms in total. The molecule has 29 heavy (non-hydrogen) atoms. The van der Waals surface area contributed by atoms with Crippen LogP contribution < -0.4 is 10.1 Å². The van der Waals surface area contributed by atoms with Crippen molar-refractivity contribution in [1.82, 2.24) is 14.6 Å². The van der Waals surface area contributed by atoms with Gasteiger partial charge < -0.3 is 0 Å². The third-order valence-electron chi connectivity index (χ3n) is 4.86. The molecule has 0 aliphatic carbocycles. The summed E-state index contributed by atoms with van der Waals surface area (Å²) < 4.78 is 3.04. The topological polar surface area (TPSA) is 47.3 Å². The Labute approximate surface area is 182 Å². The van der Waals surface area contributed by atoms with E-state index in [1.807, 2.05) is 30.3 Å². The summed E-state index contributed by atoms with van der Waals surface area (Å²) in [5.74, 6) is 1.35. The van der Waals surface area contributed by atoms with Crippen LogP contribution in [0.5, 0.6) is 0 Å². The predicted molar refractivity (Wildman–Crippen MR) is 123 cm³/mol. The van der Waals surface area contributed by atoms with Gasteiger partial charge in [0, 0.05) is 10.4 Å². The molecular weight excluding hydrogens is 446 g/mol. The molecule has 2 aromatic heterocycles. The number of rotatable bonds is 5. The van der Waals surface area contributed by atoms with E-state index in [1.165, 1.54) is 21.4 Å². The second-order valence-corrected chi connectivity index (χ2v) is 9.62. The van der Waals surface area contributed by atoms with Crippen molar-refractivity contribution in [1.29, 1.82) is 0 Å². The van der Waals surface area contributed by atoms with Crippen LogP contribution >= 0.6 is 27.3 Å². The standard InChI is InChI=1S/C23H22BrN3OS/c1-14(2)11-16-7-9-18(10-8-16)15(3)21-25-23-27(26-21)22(28)20(29-23)13-17-5-4-6-19(24)12-17/h4-10,12-15H,11H2,1-3H3/b20-13-. The summed E-state index contributed by atoms with van der Waals surface area (Å²) in [6.45, 7) is 6.53. The quantitative estimate of drug-likeness (QED) is 0.422. The molecule has 2 aromatic carbocycles. The third kappa shape index (κ3) is 4.33. The maximum atomic E-state index is 12.8. The van der Waals surface area contributed by atoms with Crippen LogP contribution in [0.3, 0.4) is 0 Å². The molecular formula is C23H22BrN3OS. The molecule has 0 aliphatic rings. The van der Waals surface area contributed by atoms with Crippen LogP contribution in [0.1, 0.15) is 49.2 Å². The molecule has 0 N–H and O–H groups in total. The third-order valence-corrected chi connectivity index (χ3v) is 6.31. The van der Waals surface area contributed by atoms with Crippen molar-refractivity contribution in [3.63, 3.8) is 0 Å². The number of fused-ring (bicyclic) bond motifs is 1. The highest BCUT2D eigenvalue weighted by Gasteiger charge is 2.17. The van der Waals surface area contributed by atoms with Gasteiger partial charge in [-0.15, -0.1) is 5.10 Å². The molecule has 6 heteroatoms. The monoisotopic (exact) mass is 467 g/mol. The molecule has 4 aromatic rings. The molecule has 1 unspecified atom stereocenters. The van der Waals surface area contributed by atoms with Gasteiger partial charge in [0.2, 0.25) is 4.96 Å². The van der Waals surface area contributed by atoms with E-state index < -0.39 is 0 Å². The van der Waals surface area contributed by atoms with E-state index >= 15 is 0 Å². The largest absolute Gasteiger partial charge is 0.291 e. The summed E-state index contributed by atoms with van der Waals surface area (Å²) in [6.07, 6.45) is 2.95. The fourth-order valence-corrected chi connectivity index (χ4v) is 4.67. The molecule has 0 saturated carbocycles. The first-order chi connectivity index (χ1) is 13.9. The van der Waals surface area contributed by atoms with Gasteiger partial charge in [-0.1, -0.05) is 84.4 Å². The number of benzene rings is 2. The lowest BCUT2D eigenvalue weighted by atomic mass is 9.96. The maximum Gasteiger partial charge on any atom is 0.291 e. The fourth-order valence-electron chi connectivity index (χ4n) is 3.34. The average molecular weight is 468 g/mol. The summed E-state index contributed by atoms with van der Waals surface area (Å²) in [6, 6.07) is 16.5. The van der Waals surface area contributed by atoms with Crippen LogP contribution in [0.4, 0.5) is 0 Å². The average Bonchev–Trinajstić information content (AvgIpc) is 3.21. The molecule has 4 rings (SSSR count). The summed E-state index contributed by atoms with van der Waals surface area (Å²) >= 11 is 4.83. The van der Waals surface area contributed by atoms with Crippen molar-refractivity contribution in [3.8, 4) is 0 Å². The SMILES string of the molecule is CC(C)Cc1ccc(C(C)c2nc3s/c(=C\c4cccc(Br)c4)c(=O)n3n2)cc1. The number of hydrogen-bond donors (Lipinski definition) is 0. The zero-order chi connectivity index (χ0) is 20.5. The Kier molecular flexibility index (Phi) is 5.65. The Hall–Kier alpha value is -2.31. The molecule has 1 atom stereocenters. The number of thiazole rings is 1. The Balaban J connectivity index is 1.64. The van der Waals surface area contributed by atoms with Crippen molar-refractivity contribution in [2.45, 2.75) is 33.1 Å². The fraction of sp³-hybridized carbons (Fsp3) is 0.261. The minimum atomic E-state index is -0.122. The van der Waals surface area contributed by atoms with E-state index in [0.717, 1.165) is 22.0 Å². The minimum Gasteiger partial charge on any atom is -0.266 e. The van der Waals surface area contributed by atoms with Gasteiger partial charge >= 0.3 is 0 Å². The van der Waals surface area contributed by atoms with Crippen molar-refractivity contribution in [3.05, 3.63) is 90.4 Å². The highest BCUT2D eigenvalue weighted by molar-refractivity contribution is 9.10. The molecule has 0 bridgehead atoms. The zero-order valence-corrected chi connectivity index (χ0v) is 19.0. The molecule has 0 radical (unpaired) electrons.